The molecule has 1 fully saturated rings. The maximum absolute atomic E-state index is 15.8. The van der Waals surface area contributed by atoms with Crippen molar-refractivity contribution in [2.75, 3.05) is 19.8 Å². The maximum Gasteiger partial charge on any atom is 0.345 e. The molecule has 0 spiro atoms. The Morgan fingerprint density at radius 1 is 1.19 bits per heavy atom. The molecule has 2 aliphatic rings. The average molecular weight is 377 g/mol. The van der Waals surface area contributed by atoms with Gasteiger partial charge >= 0.3 is 5.97 Å². The number of benzene rings is 2. The van der Waals surface area contributed by atoms with E-state index in [1.54, 1.807) is 19.1 Å². The van der Waals surface area contributed by atoms with Crippen LogP contribution in [0.15, 0.2) is 42.5 Å². The number of halogens is 2. The van der Waals surface area contributed by atoms with Crippen molar-refractivity contribution in [2.45, 2.75) is 24.4 Å². The van der Waals surface area contributed by atoms with E-state index in [2.05, 4.69) is 0 Å². The zero-order chi connectivity index (χ0) is 18.3. The number of hydrogen-bond acceptors (Lipinski definition) is 4. The van der Waals surface area contributed by atoms with Crippen LogP contribution in [-0.2, 0) is 9.53 Å². The third-order valence-corrected chi connectivity index (χ3v) is 5.14. The van der Waals surface area contributed by atoms with Gasteiger partial charge in [0.25, 0.3) is 0 Å². The van der Waals surface area contributed by atoms with Crippen molar-refractivity contribution in [1.29, 1.82) is 0 Å². The second-order valence-electron chi connectivity index (χ2n) is 6.38. The second kappa shape index (κ2) is 6.47. The quantitative estimate of drug-likeness (QED) is 0.748. The Morgan fingerprint density at radius 2 is 1.88 bits per heavy atom. The average Bonchev–Trinajstić information content (AvgIpc) is 3.30. The summed E-state index contributed by atoms with van der Waals surface area (Å²) in [7, 11) is 0. The van der Waals surface area contributed by atoms with E-state index in [9.17, 15) is 4.79 Å². The van der Waals surface area contributed by atoms with Gasteiger partial charge in [-0.25, -0.2) is 9.18 Å². The largest absolute Gasteiger partial charge is 0.486 e. The SMILES string of the molecule is CCOC(=O)[C@@]1(F)[C@H](c2ccccc2)[C@H]1c1cc(Cl)c2c(c1)OCCO2. The minimum Gasteiger partial charge on any atom is -0.486 e. The third kappa shape index (κ3) is 2.62. The van der Waals surface area contributed by atoms with Crippen molar-refractivity contribution in [3.63, 3.8) is 0 Å². The van der Waals surface area contributed by atoms with Gasteiger partial charge in [-0.3, -0.25) is 0 Å². The molecule has 3 atom stereocenters. The van der Waals surface area contributed by atoms with Crippen molar-refractivity contribution in [2.24, 2.45) is 0 Å². The fourth-order valence-corrected chi connectivity index (χ4v) is 3.97. The maximum atomic E-state index is 15.8. The lowest BCUT2D eigenvalue weighted by Gasteiger charge is -2.20. The van der Waals surface area contributed by atoms with Gasteiger partial charge in [0.1, 0.15) is 13.2 Å². The first-order valence-corrected chi connectivity index (χ1v) is 8.95. The van der Waals surface area contributed by atoms with E-state index >= 15 is 4.39 Å². The van der Waals surface area contributed by atoms with Crippen LogP contribution in [0.25, 0.3) is 0 Å². The number of alkyl halides is 1. The lowest BCUT2D eigenvalue weighted by molar-refractivity contribution is -0.151. The predicted octanol–water partition coefficient (Wildman–Crippen LogP) is 4.26. The van der Waals surface area contributed by atoms with Gasteiger partial charge in [-0.2, -0.15) is 0 Å². The molecule has 0 saturated heterocycles. The van der Waals surface area contributed by atoms with Gasteiger partial charge in [0, 0.05) is 11.8 Å². The van der Waals surface area contributed by atoms with Crippen molar-refractivity contribution >= 4 is 17.6 Å². The standard InChI is InChI=1S/C20H18ClFO4/c1-2-24-19(23)20(22)16(12-6-4-3-5-7-12)17(20)13-10-14(21)18-15(11-13)25-8-9-26-18/h3-7,10-11,16-17H,2,8-9H2,1H3/t16-,17-,20-/m1/s1. The second-order valence-corrected chi connectivity index (χ2v) is 6.79. The highest BCUT2D eigenvalue weighted by Gasteiger charge is 2.73. The van der Waals surface area contributed by atoms with Gasteiger partial charge in [0.2, 0.25) is 5.67 Å². The molecule has 1 saturated carbocycles. The minimum atomic E-state index is -2.12. The molecule has 136 valence electrons. The molecule has 2 aromatic rings. The number of carbonyl (C=O) groups excluding carboxylic acids is 1. The Labute approximate surface area is 155 Å². The van der Waals surface area contributed by atoms with Gasteiger partial charge in [-0.1, -0.05) is 41.9 Å². The van der Waals surface area contributed by atoms with E-state index in [1.807, 2.05) is 30.3 Å². The lowest BCUT2D eigenvalue weighted by Crippen LogP contribution is -2.24. The van der Waals surface area contributed by atoms with Crippen LogP contribution >= 0.6 is 11.6 Å². The van der Waals surface area contributed by atoms with Gasteiger partial charge in [0.05, 0.1) is 11.6 Å². The van der Waals surface area contributed by atoms with Crippen molar-refractivity contribution < 1.29 is 23.4 Å². The van der Waals surface area contributed by atoms with Crippen LogP contribution in [0.3, 0.4) is 0 Å². The number of hydrogen-bond donors (Lipinski definition) is 0. The molecule has 6 heteroatoms. The van der Waals surface area contributed by atoms with Crippen molar-refractivity contribution in [1.82, 2.24) is 0 Å². The Morgan fingerprint density at radius 3 is 2.62 bits per heavy atom. The topological polar surface area (TPSA) is 44.8 Å². The molecule has 2 aromatic carbocycles. The highest BCUT2D eigenvalue weighted by Crippen LogP contribution is 2.67. The molecule has 4 rings (SSSR count). The molecule has 0 aromatic heterocycles. The van der Waals surface area contributed by atoms with Crippen LogP contribution in [-0.4, -0.2) is 31.5 Å². The molecule has 1 heterocycles. The summed E-state index contributed by atoms with van der Waals surface area (Å²) < 4.78 is 31.9. The normalized spacial score (nSPS) is 26.3. The summed E-state index contributed by atoms with van der Waals surface area (Å²) in [5.41, 5.74) is -0.771. The monoisotopic (exact) mass is 376 g/mol. The van der Waals surface area contributed by atoms with E-state index in [-0.39, 0.29) is 6.61 Å². The highest BCUT2D eigenvalue weighted by atomic mass is 35.5. The molecule has 0 radical (unpaired) electrons. The molecule has 1 aliphatic carbocycles. The minimum absolute atomic E-state index is 0.126. The molecule has 1 aliphatic heterocycles. The molecular weight excluding hydrogens is 359 g/mol. The van der Waals surface area contributed by atoms with Crippen molar-refractivity contribution in [3.8, 4) is 11.5 Å². The molecule has 4 nitrogen and oxygen atoms in total. The number of esters is 1. The van der Waals surface area contributed by atoms with Crippen LogP contribution in [0.2, 0.25) is 5.02 Å². The van der Waals surface area contributed by atoms with E-state index < -0.39 is 23.5 Å². The Bertz CT molecular complexity index is 841. The van der Waals surface area contributed by atoms with E-state index in [4.69, 9.17) is 25.8 Å². The Kier molecular flexibility index (Phi) is 4.27. The number of ether oxygens (including phenoxy) is 3. The van der Waals surface area contributed by atoms with E-state index in [0.717, 1.165) is 5.56 Å². The molecular formula is C20H18ClFO4. The summed E-state index contributed by atoms with van der Waals surface area (Å²) in [5, 5.41) is 0.349. The summed E-state index contributed by atoms with van der Waals surface area (Å²) in [4.78, 5) is 12.4. The van der Waals surface area contributed by atoms with Gasteiger partial charge in [-0.15, -0.1) is 0 Å². The highest BCUT2D eigenvalue weighted by molar-refractivity contribution is 6.32. The summed E-state index contributed by atoms with van der Waals surface area (Å²) in [5.74, 6) is -1.22. The third-order valence-electron chi connectivity index (χ3n) is 4.85. The van der Waals surface area contributed by atoms with Gasteiger partial charge in [0.15, 0.2) is 11.5 Å². The van der Waals surface area contributed by atoms with Crippen LogP contribution in [0.4, 0.5) is 4.39 Å². The summed E-state index contributed by atoms with van der Waals surface area (Å²) in [6.07, 6.45) is 0. The first kappa shape index (κ1) is 17.2. The van der Waals surface area contributed by atoms with Gasteiger partial charge < -0.3 is 14.2 Å². The first-order valence-electron chi connectivity index (χ1n) is 8.57. The Balaban J connectivity index is 1.76. The van der Waals surface area contributed by atoms with Gasteiger partial charge in [-0.05, 0) is 30.2 Å². The lowest BCUT2D eigenvalue weighted by atomic mass is 10.0. The zero-order valence-electron chi connectivity index (χ0n) is 14.2. The van der Waals surface area contributed by atoms with Crippen LogP contribution < -0.4 is 9.47 Å². The van der Waals surface area contributed by atoms with E-state index in [1.165, 1.54) is 0 Å². The van der Waals surface area contributed by atoms with Crippen LogP contribution in [0, 0.1) is 0 Å². The molecule has 0 amide bonds. The predicted molar refractivity (Wildman–Crippen MR) is 94.8 cm³/mol. The number of carbonyl (C=O) groups is 1. The number of rotatable bonds is 4. The van der Waals surface area contributed by atoms with Crippen molar-refractivity contribution in [3.05, 3.63) is 58.6 Å². The molecule has 26 heavy (non-hydrogen) atoms. The first-order chi connectivity index (χ1) is 12.6. The fraction of sp³-hybridized carbons (Fsp3) is 0.350. The summed E-state index contributed by atoms with van der Waals surface area (Å²) >= 11 is 6.30. The fourth-order valence-electron chi connectivity index (χ4n) is 3.69. The van der Waals surface area contributed by atoms with E-state index in [0.29, 0.717) is 35.3 Å². The zero-order valence-corrected chi connectivity index (χ0v) is 15.0. The molecule has 0 N–H and O–H groups in total. The van der Waals surface area contributed by atoms with Crippen LogP contribution in [0.1, 0.15) is 29.9 Å². The summed E-state index contributed by atoms with van der Waals surface area (Å²) in [6.45, 7) is 2.61. The Hall–Kier alpha value is -2.27. The molecule has 0 unspecified atom stereocenters. The smallest absolute Gasteiger partial charge is 0.345 e. The van der Waals surface area contributed by atoms with Crippen LogP contribution in [0.5, 0.6) is 11.5 Å². The molecule has 0 bridgehead atoms. The number of fused-ring (bicyclic) bond motifs is 1. The summed E-state index contributed by atoms with van der Waals surface area (Å²) in [6, 6.07) is 12.5.